The predicted octanol–water partition coefficient (Wildman–Crippen LogP) is 4.40. The van der Waals surface area contributed by atoms with Crippen molar-refractivity contribution in [2.24, 2.45) is 0 Å². The van der Waals surface area contributed by atoms with Crippen LogP contribution in [-0.4, -0.2) is 31.6 Å². The lowest BCUT2D eigenvalue weighted by Crippen LogP contribution is -2.33. The summed E-state index contributed by atoms with van der Waals surface area (Å²) in [4.78, 5) is 19.5. The summed E-state index contributed by atoms with van der Waals surface area (Å²) in [5.74, 6) is -1.45. The molecule has 28 heavy (non-hydrogen) atoms. The molecule has 146 valence electrons. The first-order valence-electron chi connectivity index (χ1n) is 9.45. The van der Waals surface area contributed by atoms with E-state index in [4.69, 9.17) is 0 Å². The lowest BCUT2D eigenvalue weighted by Gasteiger charge is -2.23. The second kappa shape index (κ2) is 6.96. The van der Waals surface area contributed by atoms with E-state index in [2.05, 4.69) is 10.1 Å². The van der Waals surface area contributed by atoms with E-state index in [1.54, 1.807) is 18.0 Å². The van der Waals surface area contributed by atoms with Gasteiger partial charge < -0.3 is 4.90 Å². The number of carbonyl (C=O) groups is 1. The molecule has 0 aliphatic heterocycles. The van der Waals surface area contributed by atoms with Crippen molar-refractivity contribution in [3.63, 3.8) is 0 Å². The Labute approximate surface area is 162 Å². The molecular weight excluding hydrogens is 362 g/mol. The van der Waals surface area contributed by atoms with Gasteiger partial charge >= 0.3 is 0 Å². The molecule has 1 aliphatic carbocycles. The zero-order valence-electron chi connectivity index (χ0n) is 16.1. The molecule has 0 unspecified atom stereocenters. The number of aromatic nitrogens is 3. The van der Waals surface area contributed by atoms with Crippen molar-refractivity contribution >= 4 is 16.9 Å². The number of pyridine rings is 1. The van der Waals surface area contributed by atoms with Crippen LogP contribution in [-0.2, 0) is 6.54 Å². The van der Waals surface area contributed by atoms with E-state index in [0.717, 1.165) is 29.9 Å². The van der Waals surface area contributed by atoms with Crippen LogP contribution in [0.3, 0.4) is 0 Å². The molecular formula is C21H22F2N4O. The first-order chi connectivity index (χ1) is 13.3. The van der Waals surface area contributed by atoms with E-state index in [9.17, 15) is 13.6 Å². The SMILES string of the molecule is Cc1nc2c(cnn2C(C)C)cc1C(=O)N(Cc1ccc(F)cc1F)C1CC1. The number of hydrogen-bond donors (Lipinski definition) is 0. The van der Waals surface area contributed by atoms with Crippen molar-refractivity contribution in [2.75, 3.05) is 0 Å². The van der Waals surface area contributed by atoms with E-state index in [-0.39, 0.29) is 24.5 Å². The molecule has 5 nitrogen and oxygen atoms in total. The average molecular weight is 384 g/mol. The van der Waals surface area contributed by atoms with E-state index in [1.165, 1.54) is 12.1 Å². The van der Waals surface area contributed by atoms with Crippen molar-refractivity contribution in [2.45, 2.75) is 52.2 Å². The van der Waals surface area contributed by atoms with Gasteiger partial charge in [-0.3, -0.25) is 4.79 Å². The number of amides is 1. The first kappa shape index (κ1) is 18.5. The fourth-order valence-electron chi connectivity index (χ4n) is 3.40. The minimum Gasteiger partial charge on any atom is -0.331 e. The fraction of sp³-hybridized carbons (Fsp3) is 0.381. The van der Waals surface area contributed by atoms with Crippen LogP contribution in [0.2, 0.25) is 0 Å². The summed E-state index contributed by atoms with van der Waals surface area (Å²) in [7, 11) is 0. The van der Waals surface area contributed by atoms with Gasteiger partial charge in [0.1, 0.15) is 11.6 Å². The van der Waals surface area contributed by atoms with E-state index in [0.29, 0.717) is 16.8 Å². The molecule has 2 heterocycles. The summed E-state index contributed by atoms with van der Waals surface area (Å²) in [5, 5.41) is 5.16. The summed E-state index contributed by atoms with van der Waals surface area (Å²) in [5.41, 5.74) is 2.16. The van der Waals surface area contributed by atoms with Crippen LogP contribution in [0.25, 0.3) is 11.0 Å². The van der Waals surface area contributed by atoms with Crippen LogP contribution in [0, 0.1) is 18.6 Å². The first-order valence-corrected chi connectivity index (χ1v) is 9.45. The number of aryl methyl sites for hydroxylation is 1. The Kier molecular flexibility index (Phi) is 4.61. The number of halogens is 2. The monoisotopic (exact) mass is 384 g/mol. The van der Waals surface area contributed by atoms with Crippen molar-refractivity contribution in [3.05, 3.63) is 58.9 Å². The Morgan fingerprint density at radius 2 is 2.04 bits per heavy atom. The van der Waals surface area contributed by atoms with Crippen molar-refractivity contribution in [1.82, 2.24) is 19.7 Å². The second-order valence-electron chi connectivity index (χ2n) is 7.62. The highest BCUT2D eigenvalue weighted by Crippen LogP contribution is 2.31. The summed E-state index contributed by atoms with van der Waals surface area (Å²) < 4.78 is 29.2. The van der Waals surface area contributed by atoms with Gasteiger partial charge in [-0.05, 0) is 45.7 Å². The normalized spacial score (nSPS) is 14.1. The van der Waals surface area contributed by atoms with Crippen molar-refractivity contribution < 1.29 is 13.6 Å². The molecule has 4 rings (SSSR count). The van der Waals surface area contributed by atoms with Crippen LogP contribution in [0.5, 0.6) is 0 Å². The third-order valence-corrected chi connectivity index (χ3v) is 5.08. The maximum absolute atomic E-state index is 14.1. The van der Waals surface area contributed by atoms with Crippen LogP contribution >= 0.6 is 0 Å². The van der Waals surface area contributed by atoms with Crippen LogP contribution in [0.4, 0.5) is 8.78 Å². The van der Waals surface area contributed by atoms with Gasteiger partial charge in [-0.1, -0.05) is 6.07 Å². The lowest BCUT2D eigenvalue weighted by molar-refractivity contribution is 0.0727. The predicted molar refractivity (Wildman–Crippen MR) is 102 cm³/mol. The average Bonchev–Trinajstić information content (AvgIpc) is 3.39. The van der Waals surface area contributed by atoms with E-state index < -0.39 is 11.6 Å². The number of fused-ring (bicyclic) bond motifs is 1. The molecule has 1 aliphatic rings. The van der Waals surface area contributed by atoms with Gasteiger partial charge in [-0.25, -0.2) is 18.4 Å². The lowest BCUT2D eigenvalue weighted by atomic mass is 10.1. The Balaban J connectivity index is 1.68. The Morgan fingerprint density at radius 1 is 1.29 bits per heavy atom. The van der Waals surface area contributed by atoms with Crippen LogP contribution in [0.15, 0.2) is 30.5 Å². The highest BCUT2D eigenvalue weighted by Gasteiger charge is 2.34. The van der Waals surface area contributed by atoms with Gasteiger partial charge in [0.15, 0.2) is 5.65 Å². The molecule has 0 bridgehead atoms. The molecule has 0 spiro atoms. The molecule has 2 aromatic heterocycles. The van der Waals surface area contributed by atoms with Crippen LogP contribution < -0.4 is 0 Å². The minimum atomic E-state index is -0.637. The second-order valence-corrected chi connectivity index (χ2v) is 7.62. The molecule has 1 fully saturated rings. The van der Waals surface area contributed by atoms with E-state index >= 15 is 0 Å². The number of benzene rings is 1. The van der Waals surface area contributed by atoms with Gasteiger partial charge in [0, 0.05) is 35.6 Å². The zero-order valence-corrected chi connectivity index (χ0v) is 16.1. The van der Waals surface area contributed by atoms with Crippen molar-refractivity contribution in [1.29, 1.82) is 0 Å². The maximum atomic E-state index is 14.1. The summed E-state index contributed by atoms with van der Waals surface area (Å²) in [6, 6.07) is 5.51. The van der Waals surface area contributed by atoms with Crippen LogP contribution in [0.1, 0.15) is 54.3 Å². The number of rotatable bonds is 5. The number of carbonyl (C=O) groups excluding carboxylic acids is 1. The van der Waals surface area contributed by atoms with Gasteiger partial charge in [0.2, 0.25) is 0 Å². The summed E-state index contributed by atoms with van der Waals surface area (Å²) in [6.45, 7) is 5.95. The highest BCUT2D eigenvalue weighted by atomic mass is 19.1. The molecule has 1 saturated carbocycles. The standard InChI is InChI=1S/C21H22F2N4O/c1-12(2)27-20-15(10-24-27)8-18(13(3)25-20)21(28)26(17-6-7-17)11-14-4-5-16(22)9-19(14)23/h4-5,8-10,12,17H,6-7,11H2,1-3H3. The maximum Gasteiger partial charge on any atom is 0.256 e. The Bertz CT molecular complexity index is 1060. The van der Waals surface area contributed by atoms with Gasteiger partial charge in [0.25, 0.3) is 5.91 Å². The summed E-state index contributed by atoms with van der Waals surface area (Å²) >= 11 is 0. The molecule has 0 radical (unpaired) electrons. The Morgan fingerprint density at radius 3 is 2.68 bits per heavy atom. The molecule has 0 N–H and O–H groups in total. The molecule has 0 saturated heterocycles. The highest BCUT2D eigenvalue weighted by molar-refractivity contribution is 5.98. The van der Waals surface area contributed by atoms with Crippen molar-refractivity contribution in [3.8, 4) is 0 Å². The third kappa shape index (κ3) is 3.37. The fourth-order valence-corrected chi connectivity index (χ4v) is 3.40. The quantitative estimate of drug-likeness (QED) is 0.655. The Hall–Kier alpha value is -2.83. The third-order valence-electron chi connectivity index (χ3n) is 5.08. The topological polar surface area (TPSA) is 51.0 Å². The van der Waals surface area contributed by atoms with Gasteiger partial charge in [-0.2, -0.15) is 5.10 Å². The molecule has 0 atom stereocenters. The number of nitrogens with zero attached hydrogens (tertiary/aromatic N) is 4. The van der Waals surface area contributed by atoms with E-state index in [1.807, 2.05) is 24.6 Å². The minimum absolute atomic E-state index is 0.0745. The largest absolute Gasteiger partial charge is 0.331 e. The summed E-state index contributed by atoms with van der Waals surface area (Å²) in [6.07, 6.45) is 3.47. The van der Waals surface area contributed by atoms with Gasteiger partial charge in [0.05, 0.1) is 17.5 Å². The smallest absolute Gasteiger partial charge is 0.256 e. The zero-order chi connectivity index (χ0) is 20.0. The molecule has 3 aromatic rings. The van der Waals surface area contributed by atoms with Gasteiger partial charge in [-0.15, -0.1) is 0 Å². The molecule has 1 aromatic carbocycles. The molecule has 7 heteroatoms. The number of hydrogen-bond acceptors (Lipinski definition) is 3. The molecule has 1 amide bonds.